The van der Waals surface area contributed by atoms with Crippen LogP contribution in [0.1, 0.15) is 33.1 Å². The highest BCUT2D eigenvalue weighted by atomic mass is 16.5. The fourth-order valence-electron chi connectivity index (χ4n) is 3.09. The van der Waals surface area contributed by atoms with Crippen molar-refractivity contribution in [3.05, 3.63) is 0 Å². The van der Waals surface area contributed by atoms with E-state index in [0.717, 1.165) is 39.3 Å². The topological polar surface area (TPSA) is 35.9 Å². The maximum absolute atomic E-state index is 9.47. The van der Waals surface area contributed by atoms with Gasteiger partial charge in [-0.3, -0.25) is 9.80 Å². The number of nitrogens with zero attached hydrogens (tertiary/aromatic N) is 2. The molecule has 0 saturated carbocycles. The van der Waals surface area contributed by atoms with Crippen LogP contribution in [0.15, 0.2) is 0 Å². The molecule has 0 bridgehead atoms. The van der Waals surface area contributed by atoms with Gasteiger partial charge in [-0.05, 0) is 33.1 Å². The minimum atomic E-state index is -0.222. The maximum Gasteiger partial charge on any atom is 0.0702 e. The Morgan fingerprint density at radius 3 is 2.78 bits per heavy atom. The van der Waals surface area contributed by atoms with Crippen molar-refractivity contribution in [3.63, 3.8) is 0 Å². The molecule has 0 radical (unpaired) electrons. The molecule has 1 N–H and O–H groups in total. The molecule has 0 spiro atoms. The van der Waals surface area contributed by atoms with Crippen LogP contribution in [0.3, 0.4) is 0 Å². The van der Waals surface area contributed by atoms with E-state index in [1.807, 2.05) is 6.92 Å². The molecule has 0 aromatic carbocycles. The molecule has 3 atom stereocenters. The summed E-state index contributed by atoms with van der Waals surface area (Å²) in [6.07, 6.45) is 4.01. The van der Waals surface area contributed by atoms with E-state index in [-0.39, 0.29) is 6.10 Å². The number of β-amino-alcohol motifs (C(OH)–C–C–N with tert-alkyl or cyclic N) is 1. The van der Waals surface area contributed by atoms with Crippen LogP contribution in [0.2, 0.25) is 0 Å². The van der Waals surface area contributed by atoms with Crippen molar-refractivity contribution in [2.75, 3.05) is 39.3 Å². The molecular weight excluding hydrogens is 228 g/mol. The van der Waals surface area contributed by atoms with E-state index in [2.05, 4.69) is 16.7 Å². The Bertz CT molecular complexity index is 242. The van der Waals surface area contributed by atoms with E-state index in [0.29, 0.717) is 12.1 Å². The third kappa shape index (κ3) is 4.19. The molecule has 2 heterocycles. The van der Waals surface area contributed by atoms with Gasteiger partial charge >= 0.3 is 0 Å². The Hall–Kier alpha value is -0.160. The number of piperazine rings is 1. The molecule has 2 aliphatic rings. The van der Waals surface area contributed by atoms with Gasteiger partial charge in [0.05, 0.1) is 12.2 Å². The summed E-state index contributed by atoms with van der Waals surface area (Å²) in [6.45, 7) is 10.2. The maximum atomic E-state index is 9.47. The molecule has 106 valence electrons. The fraction of sp³-hybridized carbons (Fsp3) is 1.00. The van der Waals surface area contributed by atoms with Gasteiger partial charge in [-0.1, -0.05) is 0 Å². The number of rotatable bonds is 4. The van der Waals surface area contributed by atoms with Crippen LogP contribution < -0.4 is 0 Å². The lowest BCUT2D eigenvalue weighted by molar-refractivity contribution is -0.0250. The van der Waals surface area contributed by atoms with Crippen LogP contribution in [0.4, 0.5) is 0 Å². The summed E-state index contributed by atoms with van der Waals surface area (Å²) in [7, 11) is 0. The van der Waals surface area contributed by atoms with E-state index in [9.17, 15) is 5.11 Å². The van der Waals surface area contributed by atoms with Crippen LogP contribution >= 0.6 is 0 Å². The second-order valence-electron chi connectivity index (χ2n) is 5.94. The van der Waals surface area contributed by atoms with E-state index in [1.165, 1.54) is 19.3 Å². The molecule has 18 heavy (non-hydrogen) atoms. The average Bonchev–Trinajstić information content (AvgIpc) is 2.33. The molecule has 4 heteroatoms. The third-order valence-corrected chi connectivity index (χ3v) is 4.08. The first-order valence-corrected chi connectivity index (χ1v) is 7.41. The predicted molar refractivity (Wildman–Crippen MR) is 72.7 cm³/mol. The summed E-state index contributed by atoms with van der Waals surface area (Å²) >= 11 is 0. The molecule has 4 nitrogen and oxygen atoms in total. The molecule has 0 amide bonds. The highest BCUT2D eigenvalue weighted by Gasteiger charge is 2.26. The zero-order valence-corrected chi connectivity index (χ0v) is 11.8. The Morgan fingerprint density at radius 2 is 2.17 bits per heavy atom. The highest BCUT2D eigenvalue weighted by molar-refractivity contribution is 4.82. The summed E-state index contributed by atoms with van der Waals surface area (Å²) in [5.74, 6) is 0. The van der Waals surface area contributed by atoms with Gasteiger partial charge in [-0.15, -0.1) is 0 Å². The number of aliphatic hydroxyl groups is 1. The third-order valence-electron chi connectivity index (χ3n) is 4.08. The van der Waals surface area contributed by atoms with Gasteiger partial charge in [-0.2, -0.15) is 0 Å². The quantitative estimate of drug-likeness (QED) is 0.812. The zero-order valence-electron chi connectivity index (χ0n) is 11.8. The van der Waals surface area contributed by atoms with Gasteiger partial charge in [0.2, 0.25) is 0 Å². The van der Waals surface area contributed by atoms with Crippen molar-refractivity contribution in [3.8, 4) is 0 Å². The minimum absolute atomic E-state index is 0.222. The smallest absolute Gasteiger partial charge is 0.0702 e. The summed E-state index contributed by atoms with van der Waals surface area (Å²) in [4.78, 5) is 4.92. The summed E-state index contributed by atoms with van der Waals surface area (Å²) in [6, 6.07) is 0.539. The van der Waals surface area contributed by atoms with Gasteiger partial charge in [0.25, 0.3) is 0 Å². The van der Waals surface area contributed by atoms with Crippen molar-refractivity contribution in [2.24, 2.45) is 0 Å². The Labute approximate surface area is 111 Å². The first kappa shape index (κ1) is 14.3. The first-order chi connectivity index (χ1) is 8.65. The number of ether oxygens (including phenoxy) is 1. The highest BCUT2D eigenvalue weighted by Crippen LogP contribution is 2.16. The Balaban J connectivity index is 1.73. The average molecular weight is 256 g/mol. The van der Waals surface area contributed by atoms with Crippen molar-refractivity contribution < 1.29 is 9.84 Å². The summed E-state index contributed by atoms with van der Waals surface area (Å²) < 4.78 is 5.81. The predicted octanol–water partition coefficient (Wildman–Crippen LogP) is 0.942. The van der Waals surface area contributed by atoms with Gasteiger partial charge in [0.15, 0.2) is 0 Å². The first-order valence-electron chi connectivity index (χ1n) is 7.41. The molecule has 2 rings (SSSR count). The fourth-order valence-corrected chi connectivity index (χ4v) is 3.09. The van der Waals surface area contributed by atoms with Gasteiger partial charge in [-0.25, -0.2) is 0 Å². The van der Waals surface area contributed by atoms with Gasteiger partial charge in [0, 0.05) is 45.4 Å². The van der Waals surface area contributed by atoms with Gasteiger partial charge < -0.3 is 9.84 Å². The van der Waals surface area contributed by atoms with Crippen LogP contribution in [0.25, 0.3) is 0 Å². The van der Waals surface area contributed by atoms with Crippen molar-refractivity contribution in [2.45, 2.75) is 51.4 Å². The molecule has 2 fully saturated rings. The standard InChI is InChI=1S/C14H28N2O2/c1-12-9-15(6-7-16(12)10-13(2)17)11-14-5-3-4-8-18-14/h12-14,17H,3-11H2,1-2H3/t12-,13-,14-/m0/s1. The van der Waals surface area contributed by atoms with E-state index < -0.39 is 0 Å². The van der Waals surface area contributed by atoms with Crippen LogP contribution in [-0.2, 0) is 4.74 Å². The van der Waals surface area contributed by atoms with Crippen molar-refractivity contribution in [1.29, 1.82) is 0 Å². The number of hydrogen-bond acceptors (Lipinski definition) is 4. The second kappa shape index (κ2) is 6.85. The monoisotopic (exact) mass is 256 g/mol. The largest absolute Gasteiger partial charge is 0.392 e. The molecule has 2 aliphatic heterocycles. The van der Waals surface area contributed by atoms with Crippen LogP contribution in [0, 0.1) is 0 Å². The number of aliphatic hydroxyl groups excluding tert-OH is 1. The minimum Gasteiger partial charge on any atom is -0.392 e. The zero-order chi connectivity index (χ0) is 13.0. The Morgan fingerprint density at radius 1 is 1.33 bits per heavy atom. The lowest BCUT2D eigenvalue weighted by Gasteiger charge is -2.41. The molecule has 0 aromatic rings. The summed E-state index contributed by atoms with van der Waals surface area (Å²) in [5.41, 5.74) is 0. The van der Waals surface area contributed by atoms with Crippen molar-refractivity contribution in [1.82, 2.24) is 9.80 Å². The second-order valence-corrected chi connectivity index (χ2v) is 5.94. The molecule has 0 aliphatic carbocycles. The number of hydrogen-bond donors (Lipinski definition) is 1. The lowest BCUT2D eigenvalue weighted by atomic mass is 10.1. The molecule has 0 aromatic heterocycles. The SMILES string of the molecule is C[C@H](O)CN1CCN(C[C@@H]2CCCCO2)C[C@@H]1C. The van der Waals surface area contributed by atoms with E-state index in [1.54, 1.807) is 0 Å². The Kier molecular flexibility index (Phi) is 5.42. The van der Waals surface area contributed by atoms with Crippen LogP contribution in [-0.4, -0.2) is 72.5 Å². The summed E-state index contributed by atoms with van der Waals surface area (Å²) in [5, 5.41) is 9.47. The molecular formula is C14H28N2O2. The normalized spacial score (nSPS) is 33.5. The van der Waals surface area contributed by atoms with Gasteiger partial charge in [0.1, 0.15) is 0 Å². The van der Waals surface area contributed by atoms with Crippen LogP contribution in [0.5, 0.6) is 0 Å². The molecule has 0 unspecified atom stereocenters. The van der Waals surface area contributed by atoms with E-state index >= 15 is 0 Å². The van der Waals surface area contributed by atoms with Crippen molar-refractivity contribution >= 4 is 0 Å². The lowest BCUT2D eigenvalue weighted by Crippen LogP contribution is -2.55. The molecule has 2 saturated heterocycles. The van der Waals surface area contributed by atoms with E-state index in [4.69, 9.17) is 4.74 Å².